The summed E-state index contributed by atoms with van der Waals surface area (Å²) in [6.45, 7) is 0. The van der Waals surface area contributed by atoms with Crippen molar-refractivity contribution in [3.63, 3.8) is 0 Å². The number of hydrogen-bond acceptors (Lipinski definition) is 6. The van der Waals surface area contributed by atoms with E-state index in [1.54, 1.807) is 20.4 Å². The highest BCUT2D eigenvalue weighted by atomic mass is 79.9. The van der Waals surface area contributed by atoms with E-state index < -0.39 is 0 Å². The first-order valence-electron chi connectivity index (χ1n) is 7.42. The van der Waals surface area contributed by atoms with Crippen LogP contribution in [0.25, 0.3) is 11.3 Å². The normalized spacial score (nSPS) is 10.8. The topological polar surface area (TPSA) is 55.7 Å². The number of hydrazone groups is 1. The van der Waals surface area contributed by atoms with Gasteiger partial charge in [-0.05, 0) is 42.5 Å². The zero-order chi connectivity index (χ0) is 17.6. The maximum Gasteiger partial charge on any atom is 0.203 e. The summed E-state index contributed by atoms with van der Waals surface area (Å²) in [6, 6.07) is 13.5. The Hall–Kier alpha value is -2.38. The molecule has 3 aromatic rings. The van der Waals surface area contributed by atoms with Crippen LogP contribution in [0, 0.1) is 0 Å². The minimum Gasteiger partial charge on any atom is -0.497 e. The van der Waals surface area contributed by atoms with Crippen molar-refractivity contribution in [2.75, 3.05) is 19.6 Å². The van der Waals surface area contributed by atoms with E-state index in [1.807, 2.05) is 47.8 Å². The molecular weight excluding hydrogens is 402 g/mol. The average molecular weight is 418 g/mol. The maximum atomic E-state index is 5.32. The molecule has 3 rings (SSSR count). The molecular formula is C18H16BrN3O2S. The highest BCUT2D eigenvalue weighted by Gasteiger charge is 2.05. The number of anilines is 1. The lowest BCUT2D eigenvalue weighted by Gasteiger charge is -2.04. The van der Waals surface area contributed by atoms with Crippen molar-refractivity contribution in [2.45, 2.75) is 0 Å². The number of aromatic nitrogens is 1. The van der Waals surface area contributed by atoms with Crippen molar-refractivity contribution in [2.24, 2.45) is 5.10 Å². The number of methoxy groups -OCH3 is 2. The van der Waals surface area contributed by atoms with Crippen LogP contribution in [0.1, 0.15) is 5.56 Å². The van der Waals surface area contributed by atoms with E-state index in [9.17, 15) is 0 Å². The van der Waals surface area contributed by atoms with Gasteiger partial charge in [0.2, 0.25) is 5.13 Å². The summed E-state index contributed by atoms with van der Waals surface area (Å²) in [5, 5.41) is 6.95. The number of rotatable bonds is 6. The van der Waals surface area contributed by atoms with Crippen molar-refractivity contribution >= 4 is 38.6 Å². The third-order valence-corrected chi connectivity index (χ3v) is 4.69. The van der Waals surface area contributed by atoms with Gasteiger partial charge in [-0.3, -0.25) is 5.43 Å². The standard InChI is InChI=1S/C18H16BrN3O2S/c1-23-15-6-3-12(4-7-15)16-11-25-18(21-16)22-20-10-13-9-14(19)5-8-17(13)24-2/h3-11H,1-2H3,(H,21,22)/b20-10-. The van der Waals surface area contributed by atoms with Gasteiger partial charge in [0, 0.05) is 21.0 Å². The van der Waals surface area contributed by atoms with Gasteiger partial charge >= 0.3 is 0 Å². The summed E-state index contributed by atoms with van der Waals surface area (Å²) in [5.74, 6) is 1.58. The van der Waals surface area contributed by atoms with E-state index in [0.717, 1.165) is 37.9 Å². The number of nitrogens with one attached hydrogen (secondary N) is 1. The largest absolute Gasteiger partial charge is 0.497 e. The number of ether oxygens (including phenoxy) is 2. The molecule has 0 aliphatic carbocycles. The Kier molecular flexibility index (Phi) is 5.67. The quantitative estimate of drug-likeness (QED) is 0.450. The Balaban J connectivity index is 1.70. The predicted octanol–water partition coefficient (Wildman–Crippen LogP) is 5.04. The minimum absolute atomic E-state index is 0.719. The van der Waals surface area contributed by atoms with Gasteiger partial charge in [0.25, 0.3) is 0 Å². The van der Waals surface area contributed by atoms with Crippen LogP contribution in [0.4, 0.5) is 5.13 Å². The van der Waals surface area contributed by atoms with Crippen LogP contribution in [-0.4, -0.2) is 25.4 Å². The van der Waals surface area contributed by atoms with Gasteiger partial charge in [0.1, 0.15) is 11.5 Å². The van der Waals surface area contributed by atoms with Crippen LogP contribution >= 0.6 is 27.3 Å². The second kappa shape index (κ2) is 8.13. The smallest absolute Gasteiger partial charge is 0.203 e. The van der Waals surface area contributed by atoms with Crippen LogP contribution in [0.5, 0.6) is 11.5 Å². The summed E-state index contributed by atoms with van der Waals surface area (Å²) >= 11 is 4.94. The Morgan fingerprint density at radius 2 is 1.92 bits per heavy atom. The molecule has 128 valence electrons. The van der Waals surface area contributed by atoms with E-state index in [2.05, 4.69) is 31.4 Å². The molecule has 1 aromatic heterocycles. The molecule has 7 heteroatoms. The Labute approximate surface area is 158 Å². The van der Waals surface area contributed by atoms with Crippen LogP contribution in [0.3, 0.4) is 0 Å². The molecule has 0 aliphatic heterocycles. The van der Waals surface area contributed by atoms with Gasteiger partial charge in [-0.1, -0.05) is 15.9 Å². The van der Waals surface area contributed by atoms with Crippen molar-refractivity contribution < 1.29 is 9.47 Å². The fourth-order valence-corrected chi connectivity index (χ4v) is 3.23. The van der Waals surface area contributed by atoms with Crippen molar-refractivity contribution in [3.8, 4) is 22.8 Å². The van der Waals surface area contributed by atoms with Gasteiger partial charge in [-0.25, -0.2) is 4.98 Å². The Morgan fingerprint density at radius 1 is 1.12 bits per heavy atom. The van der Waals surface area contributed by atoms with Crippen LogP contribution in [0.2, 0.25) is 0 Å². The first-order chi connectivity index (χ1) is 12.2. The number of hydrogen-bond donors (Lipinski definition) is 1. The highest BCUT2D eigenvalue weighted by molar-refractivity contribution is 9.10. The summed E-state index contributed by atoms with van der Waals surface area (Å²) in [6.07, 6.45) is 1.71. The zero-order valence-electron chi connectivity index (χ0n) is 13.7. The lowest BCUT2D eigenvalue weighted by molar-refractivity contribution is 0.414. The molecule has 0 saturated carbocycles. The van der Waals surface area contributed by atoms with Crippen LogP contribution in [0.15, 0.2) is 57.4 Å². The molecule has 0 fully saturated rings. The predicted molar refractivity (Wildman–Crippen MR) is 106 cm³/mol. The molecule has 0 saturated heterocycles. The third kappa shape index (κ3) is 4.37. The summed E-state index contributed by atoms with van der Waals surface area (Å²) in [5.41, 5.74) is 5.75. The SMILES string of the molecule is COc1ccc(-c2csc(N/N=C\c3cc(Br)ccc3OC)n2)cc1. The van der Waals surface area contributed by atoms with E-state index in [0.29, 0.717) is 0 Å². The lowest BCUT2D eigenvalue weighted by Crippen LogP contribution is -1.94. The fourth-order valence-electron chi connectivity index (χ4n) is 2.18. The second-order valence-electron chi connectivity index (χ2n) is 5.02. The van der Waals surface area contributed by atoms with Crippen LogP contribution in [-0.2, 0) is 0 Å². The first kappa shape index (κ1) is 17.4. The number of halogens is 1. The summed E-state index contributed by atoms with van der Waals surface area (Å²) in [7, 11) is 3.29. The van der Waals surface area contributed by atoms with Gasteiger partial charge in [0.05, 0.1) is 26.1 Å². The van der Waals surface area contributed by atoms with Crippen LogP contribution < -0.4 is 14.9 Å². The second-order valence-corrected chi connectivity index (χ2v) is 6.80. The average Bonchev–Trinajstić information content (AvgIpc) is 3.11. The molecule has 0 spiro atoms. The molecule has 0 amide bonds. The molecule has 0 bridgehead atoms. The van der Waals surface area contributed by atoms with Crippen molar-refractivity contribution in [1.29, 1.82) is 0 Å². The van der Waals surface area contributed by atoms with E-state index >= 15 is 0 Å². The summed E-state index contributed by atoms with van der Waals surface area (Å²) in [4.78, 5) is 4.54. The highest BCUT2D eigenvalue weighted by Crippen LogP contribution is 2.26. The molecule has 0 aliphatic rings. The molecule has 2 aromatic carbocycles. The fraction of sp³-hybridized carbons (Fsp3) is 0.111. The minimum atomic E-state index is 0.719. The zero-order valence-corrected chi connectivity index (χ0v) is 16.1. The molecule has 0 atom stereocenters. The number of thiazole rings is 1. The Morgan fingerprint density at radius 3 is 2.64 bits per heavy atom. The maximum absolute atomic E-state index is 5.32. The molecule has 25 heavy (non-hydrogen) atoms. The Bertz CT molecular complexity index is 878. The molecule has 1 N–H and O–H groups in total. The lowest BCUT2D eigenvalue weighted by atomic mass is 10.2. The third-order valence-electron chi connectivity index (χ3n) is 3.45. The van der Waals surface area contributed by atoms with Crippen molar-refractivity contribution in [3.05, 3.63) is 57.9 Å². The van der Waals surface area contributed by atoms with Gasteiger partial charge in [-0.15, -0.1) is 11.3 Å². The monoisotopic (exact) mass is 417 g/mol. The molecule has 1 heterocycles. The number of nitrogens with zero attached hydrogens (tertiary/aromatic N) is 2. The van der Waals surface area contributed by atoms with Gasteiger partial charge in [-0.2, -0.15) is 5.10 Å². The van der Waals surface area contributed by atoms with Gasteiger partial charge < -0.3 is 9.47 Å². The van der Waals surface area contributed by atoms with E-state index in [-0.39, 0.29) is 0 Å². The van der Waals surface area contributed by atoms with Gasteiger partial charge in [0.15, 0.2) is 0 Å². The van der Waals surface area contributed by atoms with E-state index in [4.69, 9.17) is 9.47 Å². The molecule has 0 radical (unpaired) electrons. The molecule has 0 unspecified atom stereocenters. The van der Waals surface area contributed by atoms with Crippen molar-refractivity contribution in [1.82, 2.24) is 4.98 Å². The molecule has 5 nitrogen and oxygen atoms in total. The number of benzene rings is 2. The first-order valence-corrected chi connectivity index (χ1v) is 9.09. The summed E-state index contributed by atoms with van der Waals surface area (Å²) < 4.78 is 11.5. The van der Waals surface area contributed by atoms with E-state index in [1.165, 1.54) is 11.3 Å².